The van der Waals surface area contributed by atoms with Gasteiger partial charge in [-0.3, -0.25) is 4.68 Å². The maximum atomic E-state index is 12.5. The van der Waals surface area contributed by atoms with Gasteiger partial charge in [0.2, 0.25) is 0 Å². The van der Waals surface area contributed by atoms with Gasteiger partial charge in [0, 0.05) is 6.20 Å². The molecule has 0 aromatic carbocycles. The van der Waals surface area contributed by atoms with Crippen LogP contribution in [0.5, 0.6) is 0 Å². The Bertz CT molecular complexity index is 409. The maximum absolute atomic E-state index is 12.5. The molecule has 1 aromatic rings. The van der Waals surface area contributed by atoms with Crippen molar-refractivity contribution in [1.82, 2.24) is 9.78 Å². The van der Waals surface area contributed by atoms with Crippen molar-refractivity contribution in [3.8, 4) is 6.07 Å². The number of hydrogen-bond donors (Lipinski definition) is 0. The maximum Gasteiger partial charge on any atom is 0.419 e. The van der Waals surface area contributed by atoms with Crippen LogP contribution in [0.1, 0.15) is 30.1 Å². The first-order chi connectivity index (χ1) is 7.02. The summed E-state index contributed by atoms with van der Waals surface area (Å²) in [5.41, 5.74) is -0.951. The normalized spacial score (nSPS) is 16.4. The number of nitrogens with zero attached hydrogens (tertiary/aromatic N) is 3. The molecular formula is C9H8F3N3. The van der Waals surface area contributed by atoms with Gasteiger partial charge < -0.3 is 0 Å². The molecule has 0 saturated heterocycles. The van der Waals surface area contributed by atoms with E-state index in [4.69, 9.17) is 5.26 Å². The van der Waals surface area contributed by atoms with E-state index in [0.717, 1.165) is 19.0 Å². The van der Waals surface area contributed by atoms with E-state index < -0.39 is 11.7 Å². The Morgan fingerprint density at radius 1 is 1.53 bits per heavy atom. The third kappa shape index (κ3) is 1.96. The summed E-state index contributed by atoms with van der Waals surface area (Å²) in [6, 6.07) is 1.79. The van der Waals surface area contributed by atoms with Gasteiger partial charge in [0.15, 0.2) is 0 Å². The van der Waals surface area contributed by atoms with Gasteiger partial charge >= 0.3 is 6.18 Å². The van der Waals surface area contributed by atoms with Crippen LogP contribution in [0.4, 0.5) is 13.2 Å². The molecule has 1 fully saturated rings. The predicted octanol–water partition coefficient (Wildman–Crippen LogP) is 2.30. The minimum absolute atomic E-state index is 0.0959. The molecule has 0 amide bonds. The molecule has 0 aliphatic heterocycles. The summed E-state index contributed by atoms with van der Waals surface area (Å²) in [7, 11) is 0. The van der Waals surface area contributed by atoms with Crippen LogP contribution in [0, 0.1) is 11.3 Å². The third-order valence-electron chi connectivity index (χ3n) is 2.28. The highest BCUT2D eigenvalue weighted by atomic mass is 19.4. The Balaban J connectivity index is 2.37. The van der Waals surface area contributed by atoms with E-state index in [1.54, 1.807) is 6.07 Å². The molecule has 1 saturated carbocycles. The molecule has 1 heterocycles. The quantitative estimate of drug-likeness (QED) is 0.759. The lowest BCUT2D eigenvalue weighted by atomic mass is 10.2. The van der Waals surface area contributed by atoms with Crippen molar-refractivity contribution in [2.45, 2.75) is 31.5 Å². The molecule has 1 aliphatic rings. The van der Waals surface area contributed by atoms with E-state index in [1.165, 1.54) is 4.68 Å². The fraction of sp³-hybridized carbons (Fsp3) is 0.556. The number of nitriles is 1. The summed E-state index contributed by atoms with van der Waals surface area (Å²) in [5.74, 6) is 0. The Morgan fingerprint density at radius 2 is 2.20 bits per heavy atom. The molecule has 1 aliphatic carbocycles. The second-order valence-electron chi connectivity index (χ2n) is 3.53. The van der Waals surface area contributed by atoms with Gasteiger partial charge in [-0.25, -0.2) is 0 Å². The monoisotopic (exact) mass is 215 g/mol. The first-order valence-corrected chi connectivity index (χ1v) is 4.54. The summed E-state index contributed by atoms with van der Waals surface area (Å²) < 4.78 is 38.8. The molecule has 80 valence electrons. The lowest BCUT2D eigenvalue weighted by Crippen LogP contribution is -2.06. The molecule has 15 heavy (non-hydrogen) atoms. The fourth-order valence-corrected chi connectivity index (χ4v) is 1.40. The molecule has 0 radical (unpaired) electrons. The van der Waals surface area contributed by atoms with Crippen molar-refractivity contribution in [1.29, 1.82) is 5.26 Å². The van der Waals surface area contributed by atoms with Gasteiger partial charge in [-0.05, 0) is 12.8 Å². The van der Waals surface area contributed by atoms with Crippen LogP contribution in [-0.2, 0) is 12.6 Å². The zero-order valence-electron chi connectivity index (χ0n) is 7.75. The number of hydrogen-bond acceptors (Lipinski definition) is 2. The fourth-order valence-electron chi connectivity index (χ4n) is 1.40. The third-order valence-corrected chi connectivity index (χ3v) is 2.28. The summed E-state index contributed by atoms with van der Waals surface area (Å²) in [5, 5.41) is 12.2. The van der Waals surface area contributed by atoms with Crippen LogP contribution in [0.15, 0.2) is 6.20 Å². The van der Waals surface area contributed by atoms with Crippen molar-refractivity contribution in [2.75, 3.05) is 0 Å². The van der Waals surface area contributed by atoms with Crippen LogP contribution in [0.2, 0.25) is 0 Å². The van der Waals surface area contributed by atoms with E-state index in [0.29, 0.717) is 0 Å². The van der Waals surface area contributed by atoms with Gasteiger partial charge in [-0.2, -0.15) is 23.5 Å². The van der Waals surface area contributed by atoms with Crippen molar-refractivity contribution >= 4 is 0 Å². The second kappa shape index (κ2) is 3.26. The topological polar surface area (TPSA) is 41.6 Å². The van der Waals surface area contributed by atoms with Gasteiger partial charge in [-0.1, -0.05) is 0 Å². The Kier molecular flexibility index (Phi) is 2.18. The van der Waals surface area contributed by atoms with Crippen LogP contribution in [0.25, 0.3) is 0 Å². The SMILES string of the molecule is N#CCc1nn(C2CC2)cc1C(F)(F)F. The lowest BCUT2D eigenvalue weighted by molar-refractivity contribution is -0.138. The minimum atomic E-state index is -4.42. The first-order valence-electron chi connectivity index (χ1n) is 4.54. The minimum Gasteiger partial charge on any atom is -0.269 e. The Hall–Kier alpha value is -1.51. The lowest BCUT2D eigenvalue weighted by Gasteiger charge is -2.03. The zero-order valence-corrected chi connectivity index (χ0v) is 7.75. The van der Waals surface area contributed by atoms with E-state index >= 15 is 0 Å². The number of halogens is 3. The molecule has 0 atom stereocenters. The Morgan fingerprint density at radius 3 is 2.67 bits per heavy atom. The van der Waals surface area contributed by atoms with Crippen LogP contribution >= 0.6 is 0 Å². The largest absolute Gasteiger partial charge is 0.419 e. The Labute approximate surface area is 84.1 Å². The van der Waals surface area contributed by atoms with Crippen LogP contribution < -0.4 is 0 Å². The second-order valence-corrected chi connectivity index (χ2v) is 3.53. The first kappa shape index (κ1) is 10.0. The van der Waals surface area contributed by atoms with E-state index in [-0.39, 0.29) is 18.2 Å². The summed E-state index contributed by atoms with van der Waals surface area (Å²) >= 11 is 0. The summed E-state index contributed by atoms with van der Waals surface area (Å²) in [6.45, 7) is 0. The highest BCUT2D eigenvalue weighted by Gasteiger charge is 2.37. The van der Waals surface area contributed by atoms with Crippen molar-refractivity contribution < 1.29 is 13.2 Å². The predicted molar refractivity (Wildman–Crippen MR) is 44.8 cm³/mol. The zero-order chi connectivity index (χ0) is 11.1. The van der Waals surface area contributed by atoms with E-state index in [9.17, 15) is 13.2 Å². The molecule has 2 rings (SSSR count). The van der Waals surface area contributed by atoms with Gasteiger partial charge in [0.05, 0.1) is 29.8 Å². The molecule has 3 nitrogen and oxygen atoms in total. The van der Waals surface area contributed by atoms with Gasteiger partial charge in [-0.15, -0.1) is 0 Å². The van der Waals surface area contributed by atoms with E-state index in [1.807, 2.05) is 0 Å². The van der Waals surface area contributed by atoms with Crippen LogP contribution in [0.3, 0.4) is 0 Å². The average Bonchev–Trinajstić information content (AvgIpc) is 2.87. The van der Waals surface area contributed by atoms with Gasteiger partial charge in [0.25, 0.3) is 0 Å². The standard InChI is InChI=1S/C9H8F3N3/c10-9(11,12)7-5-15(6-1-2-6)14-8(7)3-4-13/h5-6H,1-3H2. The smallest absolute Gasteiger partial charge is 0.269 e. The van der Waals surface area contributed by atoms with Crippen molar-refractivity contribution in [2.24, 2.45) is 0 Å². The molecule has 0 spiro atoms. The van der Waals surface area contributed by atoms with Crippen LogP contribution in [-0.4, -0.2) is 9.78 Å². The number of rotatable bonds is 2. The van der Waals surface area contributed by atoms with Gasteiger partial charge in [0.1, 0.15) is 0 Å². The molecule has 0 bridgehead atoms. The average molecular weight is 215 g/mol. The molecule has 0 N–H and O–H groups in total. The number of aromatic nitrogens is 2. The van der Waals surface area contributed by atoms with Crippen molar-refractivity contribution in [3.63, 3.8) is 0 Å². The highest BCUT2D eigenvalue weighted by Crippen LogP contribution is 2.38. The van der Waals surface area contributed by atoms with E-state index in [2.05, 4.69) is 5.10 Å². The summed E-state index contributed by atoms with van der Waals surface area (Å²) in [4.78, 5) is 0. The highest BCUT2D eigenvalue weighted by molar-refractivity contribution is 5.23. The molecule has 6 heteroatoms. The molecule has 1 aromatic heterocycles. The van der Waals surface area contributed by atoms with Crippen molar-refractivity contribution in [3.05, 3.63) is 17.5 Å². The molecular weight excluding hydrogens is 207 g/mol. The number of alkyl halides is 3. The summed E-state index contributed by atoms with van der Waals surface area (Å²) in [6.07, 6.45) is -1.98. The molecule has 0 unspecified atom stereocenters.